The van der Waals surface area contributed by atoms with Gasteiger partial charge >= 0.3 is 0 Å². The van der Waals surface area contributed by atoms with Crippen molar-refractivity contribution in [1.82, 2.24) is 29.5 Å². The zero-order valence-corrected chi connectivity index (χ0v) is 12.1. The molecule has 1 fully saturated rings. The van der Waals surface area contributed by atoms with Gasteiger partial charge in [0.25, 0.3) is 0 Å². The third-order valence-electron chi connectivity index (χ3n) is 3.98. The van der Waals surface area contributed by atoms with E-state index < -0.39 is 0 Å². The molecule has 3 aromatic rings. The Labute approximate surface area is 122 Å². The van der Waals surface area contributed by atoms with Gasteiger partial charge in [0.05, 0.1) is 17.6 Å². The van der Waals surface area contributed by atoms with E-state index in [9.17, 15) is 0 Å². The Morgan fingerprint density at radius 1 is 1.24 bits per heavy atom. The third kappa shape index (κ3) is 2.05. The van der Waals surface area contributed by atoms with Crippen LogP contribution in [0.4, 0.5) is 5.82 Å². The smallest absolute Gasteiger partial charge is 0.186 e. The van der Waals surface area contributed by atoms with Gasteiger partial charge in [0.1, 0.15) is 12.1 Å². The fourth-order valence-corrected chi connectivity index (χ4v) is 2.97. The second-order valence-electron chi connectivity index (χ2n) is 5.62. The normalized spacial score (nSPS) is 18.8. The molecule has 3 aromatic heterocycles. The average molecular weight is 283 g/mol. The van der Waals surface area contributed by atoms with Crippen LogP contribution >= 0.6 is 0 Å². The molecule has 108 valence electrons. The van der Waals surface area contributed by atoms with Crippen LogP contribution in [0.2, 0.25) is 0 Å². The maximum absolute atomic E-state index is 4.47. The Bertz CT molecular complexity index is 788. The molecule has 0 saturated carbocycles. The highest BCUT2D eigenvalue weighted by Gasteiger charge is 2.27. The average Bonchev–Trinajstić information content (AvgIpc) is 3.15. The Morgan fingerprint density at radius 2 is 2.14 bits per heavy atom. The van der Waals surface area contributed by atoms with E-state index in [-0.39, 0.29) is 0 Å². The molecule has 4 rings (SSSR count). The molecule has 0 amide bonds. The van der Waals surface area contributed by atoms with Crippen molar-refractivity contribution in [2.75, 3.05) is 18.0 Å². The molecule has 1 unspecified atom stereocenters. The minimum absolute atomic E-state index is 0.403. The van der Waals surface area contributed by atoms with Crippen molar-refractivity contribution in [3.8, 4) is 0 Å². The summed E-state index contributed by atoms with van der Waals surface area (Å²) in [5.74, 6) is 0.972. The van der Waals surface area contributed by atoms with Crippen molar-refractivity contribution in [2.45, 2.75) is 19.4 Å². The number of anilines is 1. The lowest BCUT2D eigenvalue weighted by atomic mass is 10.3. The van der Waals surface area contributed by atoms with Crippen molar-refractivity contribution in [1.29, 1.82) is 0 Å². The summed E-state index contributed by atoms with van der Waals surface area (Å²) in [5.41, 5.74) is 1.95. The van der Waals surface area contributed by atoms with Gasteiger partial charge in [-0.05, 0) is 18.9 Å². The summed E-state index contributed by atoms with van der Waals surface area (Å²) in [7, 11) is 1.91. The highest BCUT2D eigenvalue weighted by molar-refractivity contribution is 5.86. The van der Waals surface area contributed by atoms with Crippen LogP contribution in [0.15, 0.2) is 24.9 Å². The molecule has 0 aromatic carbocycles. The zero-order chi connectivity index (χ0) is 14.4. The fourth-order valence-electron chi connectivity index (χ4n) is 2.97. The SMILES string of the molecule is Cc1cnn(C2CCN(c3ncnc4nn(C)cc34)C2)c1. The van der Waals surface area contributed by atoms with Crippen LogP contribution in [0.25, 0.3) is 11.0 Å². The standard InChI is InChI=1S/C14H17N7/c1-10-5-17-21(6-10)11-3-4-20(7-11)14-12-8-19(2)18-13(12)15-9-16-14/h5-6,8-9,11H,3-4,7H2,1-2H3. The van der Waals surface area contributed by atoms with Crippen LogP contribution < -0.4 is 4.90 Å². The van der Waals surface area contributed by atoms with E-state index in [2.05, 4.69) is 42.9 Å². The molecule has 1 aliphatic rings. The molecule has 0 radical (unpaired) electrons. The zero-order valence-electron chi connectivity index (χ0n) is 12.1. The molecule has 7 nitrogen and oxygen atoms in total. The van der Waals surface area contributed by atoms with Gasteiger partial charge in [0.15, 0.2) is 5.65 Å². The lowest BCUT2D eigenvalue weighted by Crippen LogP contribution is -2.22. The number of rotatable bonds is 2. The van der Waals surface area contributed by atoms with Crippen molar-refractivity contribution >= 4 is 16.9 Å². The molecule has 21 heavy (non-hydrogen) atoms. The van der Waals surface area contributed by atoms with Crippen molar-refractivity contribution in [3.63, 3.8) is 0 Å². The lowest BCUT2D eigenvalue weighted by Gasteiger charge is -2.17. The van der Waals surface area contributed by atoms with E-state index in [1.165, 1.54) is 5.56 Å². The maximum atomic E-state index is 4.47. The molecule has 4 heterocycles. The third-order valence-corrected chi connectivity index (χ3v) is 3.98. The second kappa shape index (κ2) is 4.54. The second-order valence-corrected chi connectivity index (χ2v) is 5.62. The predicted molar refractivity (Wildman–Crippen MR) is 79.1 cm³/mol. The van der Waals surface area contributed by atoms with E-state index in [1.807, 2.05) is 19.4 Å². The Hall–Kier alpha value is -2.44. The molecule has 1 aliphatic heterocycles. The first kappa shape index (κ1) is 12.3. The Kier molecular flexibility index (Phi) is 2.66. The van der Waals surface area contributed by atoms with Crippen LogP contribution in [0, 0.1) is 6.92 Å². The molecule has 1 saturated heterocycles. The summed E-state index contributed by atoms with van der Waals surface area (Å²) >= 11 is 0. The molecule has 0 aliphatic carbocycles. The quantitative estimate of drug-likeness (QED) is 0.709. The minimum atomic E-state index is 0.403. The number of aromatic nitrogens is 6. The van der Waals surface area contributed by atoms with Crippen LogP contribution in [0.3, 0.4) is 0 Å². The van der Waals surface area contributed by atoms with Crippen LogP contribution in [0.5, 0.6) is 0 Å². The van der Waals surface area contributed by atoms with E-state index in [4.69, 9.17) is 0 Å². The first-order valence-electron chi connectivity index (χ1n) is 7.11. The number of hydrogen-bond acceptors (Lipinski definition) is 5. The predicted octanol–water partition coefficient (Wildman–Crippen LogP) is 1.32. The van der Waals surface area contributed by atoms with Crippen LogP contribution in [-0.2, 0) is 7.05 Å². The lowest BCUT2D eigenvalue weighted by molar-refractivity contribution is 0.494. The molecular formula is C14H17N7. The summed E-state index contributed by atoms with van der Waals surface area (Å²) < 4.78 is 3.85. The first-order chi connectivity index (χ1) is 10.2. The monoisotopic (exact) mass is 283 g/mol. The van der Waals surface area contributed by atoms with Crippen LogP contribution in [0.1, 0.15) is 18.0 Å². The Balaban J connectivity index is 1.65. The van der Waals surface area contributed by atoms with Crippen molar-refractivity contribution in [3.05, 3.63) is 30.5 Å². The number of nitrogens with zero attached hydrogens (tertiary/aromatic N) is 7. The minimum Gasteiger partial charge on any atom is -0.354 e. The molecule has 0 bridgehead atoms. The van der Waals surface area contributed by atoms with E-state index in [0.717, 1.165) is 36.4 Å². The number of fused-ring (bicyclic) bond motifs is 1. The van der Waals surface area contributed by atoms with E-state index >= 15 is 0 Å². The molecule has 7 heteroatoms. The van der Waals surface area contributed by atoms with Gasteiger partial charge in [-0.15, -0.1) is 0 Å². The summed E-state index contributed by atoms with van der Waals surface area (Å²) in [5, 5.41) is 9.79. The topological polar surface area (TPSA) is 64.7 Å². The van der Waals surface area contributed by atoms with Gasteiger partial charge in [-0.3, -0.25) is 9.36 Å². The summed E-state index contributed by atoms with van der Waals surface area (Å²) in [6.07, 6.45) is 8.67. The highest BCUT2D eigenvalue weighted by atomic mass is 15.3. The number of hydrogen-bond donors (Lipinski definition) is 0. The van der Waals surface area contributed by atoms with Crippen molar-refractivity contribution in [2.24, 2.45) is 7.05 Å². The van der Waals surface area contributed by atoms with E-state index in [0.29, 0.717) is 6.04 Å². The summed E-state index contributed by atoms with van der Waals surface area (Å²) in [6, 6.07) is 0.403. The van der Waals surface area contributed by atoms with Gasteiger partial charge in [-0.1, -0.05) is 0 Å². The molecular weight excluding hydrogens is 266 g/mol. The first-order valence-corrected chi connectivity index (χ1v) is 7.11. The van der Waals surface area contributed by atoms with Gasteiger partial charge < -0.3 is 4.90 Å². The van der Waals surface area contributed by atoms with Gasteiger partial charge in [0, 0.05) is 32.5 Å². The summed E-state index contributed by atoms with van der Waals surface area (Å²) in [4.78, 5) is 11.0. The maximum Gasteiger partial charge on any atom is 0.186 e. The van der Waals surface area contributed by atoms with Crippen LogP contribution in [-0.4, -0.2) is 42.6 Å². The van der Waals surface area contributed by atoms with Gasteiger partial charge in [0.2, 0.25) is 0 Å². The van der Waals surface area contributed by atoms with E-state index in [1.54, 1.807) is 11.0 Å². The fraction of sp³-hybridized carbons (Fsp3) is 0.429. The molecule has 0 N–H and O–H groups in total. The Morgan fingerprint density at radius 3 is 2.95 bits per heavy atom. The number of aryl methyl sites for hydroxylation is 2. The van der Waals surface area contributed by atoms with Gasteiger partial charge in [-0.2, -0.15) is 10.2 Å². The highest BCUT2D eigenvalue weighted by Crippen LogP contribution is 2.29. The largest absolute Gasteiger partial charge is 0.354 e. The molecule has 0 spiro atoms. The van der Waals surface area contributed by atoms with Crippen molar-refractivity contribution < 1.29 is 0 Å². The van der Waals surface area contributed by atoms with Gasteiger partial charge in [-0.25, -0.2) is 9.97 Å². The summed E-state index contributed by atoms with van der Waals surface area (Å²) in [6.45, 7) is 3.96. The molecule has 1 atom stereocenters.